The molecule has 3 N–H and O–H groups in total. The van der Waals surface area contributed by atoms with Crippen LogP contribution in [0.2, 0.25) is 0 Å². The highest BCUT2D eigenvalue weighted by atomic mass is 35.5. The van der Waals surface area contributed by atoms with E-state index in [-0.39, 0.29) is 36.8 Å². The highest BCUT2D eigenvalue weighted by Crippen LogP contribution is 2.22. The zero-order valence-electron chi connectivity index (χ0n) is 14.2. The second-order valence-electron chi connectivity index (χ2n) is 6.00. The normalized spacial score (nSPS) is 18.8. The predicted octanol–water partition coefficient (Wildman–Crippen LogP) is 3.27. The van der Waals surface area contributed by atoms with E-state index in [2.05, 4.69) is 5.32 Å². The number of hydrogen-bond donors (Lipinski definition) is 2. The van der Waals surface area contributed by atoms with Gasteiger partial charge in [0.25, 0.3) is 5.91 Å². The Morgan fingerprint density at radius 1 is 1.23 bits per heavy atom. The highest BCUT2D eigenvalue weighted by Gasteiger charge is 2.29. The van der Waals surface area contributed by atoms with Crippen LogP contribution in [0.25, 0.3) is 0 Å². The fourth-order valence-corrected chi connectivity index (χ4v) is 2.75. The predicted molar refractivity (Wildman–Crippen MR) is 100 cm³/mol. The summed E-state index contributed by atoms with van der Waals surface area (Å²) < 4.78 is 24.4. The first kappa shape index (κ1) is 20.2. The summed E-state index contributed by atoms with van der Waals surface area (Å²) in [7, 11) is 0. The van der Waals surface area contributed by atoms with Gasteiger partial charge in [-0.2, -0.15) is 0 Å². The van der Waals surface area contributed by atoms with Crippen LogP contribution in [0.5, 0.6) is 5.75 Å². The zero-order valence-corrected chi connectivity index (χ0v) is 15.0. The quantitative estimate of drug-likeness (QED) is 0.806. The lowest BCUT2D eigenvalue weighted by Gasteiger charge is -2.13. The molecule has 2 aromatic carbocycles. The van der Waals surface area contributed by atoms with E-state index in [1.54, 1.807) is 36.4 Å². The Morgan fingerprint density at radius 2 is 2.04 bits per heavy atom. The number of ether oxygens (including phenoxy) is 2. The average molecular weight is 381 g/mol. The van der Waals surface area contributed by atoms with Crippen molar-refractivity contribution < 1.29 is 18.7 Å². The number of rotatable bonds is 6. The second kappa shape index (κ2) is 9.52. The van der Waals surface area contributed by atoms with Crippen molar-refractivity contribution in [1.82, 2.24) is 0 Å². The van der Waals surface area contributed by atoms with Crippen LogP contribution in [-0.4, -0.2) is 24.7 Å². The van der Waals surface area contributed by atoms with Gasteiger partial charge in [-0.1, -0.05) is 18.2 Å². The Bertz CT molecular complexity index is 744. The molecule has 1 fully saturated rings. The Hall–Kier alpha value is -2.15. The molecule has 1 saturated heterocycles. The smallest absolute Gasteiger partial charge is 0.253 e. The number of halogens is 2. The van der Waals surface area contributed by atoms with Crippen molar-refractivity contribution in [3.05, 3.63) is 59.9 Å². The first-order valence-corrected chi connectivity index (χ1v) is 8.28. The van der Waals surface area contributed by atoms with Gasteiger partial charge in [-0.05, 0) is 42.7 Å². The van der Waals surface area contributed by atoms with Crippen LogP contribution in [0.1, 0.15) is 18.4 Å². The van der Waals surface area contributed by atoms with Crippen LogP contribution in [0.4, 0.5) is 10.1 Å². The molecule has 0 aliphatic carbocycles. The molecule has 0 saturated carbocycles. The number of carbonyl (C=O) groups excluding carboxylic acids is 1. The minimum atomic E-state index is -0.467. The van der Waals surface area contributed by atoms with Gasteiger partial charge < -0.3 is 20.5 Å². The van der Waals surface area contributed by atoms with Crippen molar-refractivity contribution in [3.63, 3.8) is 0 Å². The van der Waals surface area contributed by atoms with Crippen LogP contribution < -0.4 is 15.8 Å². The Kier molecular flexibility index (Phi) is 7.38. The molecule has 2 atom stereocenters. The topological polar surface area (TPSA) is 73.6 Å². The van der Waals surface area contributed by atoms with Gasteiger partial charge >= 0.3 is 0 Å². The third-order valence-corrected chi connectivity index (χ3v) is 4.06. The van der Waals surface area contributed by atoms with Gasteiger partial charge in [0.15, 0.2) is 0 Å². The maximum Gasteiger partial charge on any atom is 0.253 e. The SMILES string of the molecule is Cl.NC[C@H]1CC[C@@H](C(=O)Nc2cccc(OCc3cccc(F)c3)c2)O1. The molecule has 1 amide bonds. The monoisotopic (exact) mass is 380 g/mol. The fourth-order valence-electron chi connectivity index (χ4n) is 2.75. The van der Waals surface area contributed by atoms with Gasteiger partial charge in [-0.3, -0.25) is 4.79 Å². The molecule has 26 heavy (non-hydrogen) atoms. The summed E-state index contributed by atoms with van der Waals surface area (Å²) in [6.45, 7) is 0.673. The largest absolute Gasteiger partial charge is 0.489 e. The summed E-state index contributed by atoms with van der Waals surface area (Å²) in [6, 6.07) is 13.3. The number of hydrogen-bond acceptors (Lipinski definition) is 4. The van der Waals surface area contributed by atoms with Crippen LogP contribution in [0.3, 0.4) is 0 Å². The highest BCUT2D eigenvalue weighted by molar-refractivity contribution is 5.94. The van der Waals surface area contributed by atoms with E-state index in [0.717, 1.165) is 12.0 Å². The van der Waals surface area contributed by atoms with Crippen LogP contribution in [0.15, 0.2) is 48.5 Å². The maximum atomic E-state index is 13.2. The van der Waals surface area contributed by atoms with Gasteiger partial charge in [0.05, 0.1) is 6.10 Å². The Morgan fingerprint density at radius 3 is 2.77 bits per heavy atom. The molecule has 0 bridgehead atoms. The van der Waals surface area contributed by atoms with Gasteiger partial charge in [0.1, 0.15) is 24.3 Å². The Labute approximate surface area is 158 Å². The van der Waals surface area contributed by atoms with Gasteiger partial charge in [-0.25, -0.2) is 4.39 Å². The number of nitrogens with one attached hydrogen (secondary N) is 1. The van der Waals surface area contributed by atoms with E-state index >= 15 is 0 Å². The molecular weight excluding hydrogens is 359 g/mol. The molecule has 0 spiro atoms. The van der Waals surface area contributed by atoms with Crippen molar-refractivity contribution in [2.75, 3.05) is 11.9 Å². The fraction of sp³-hybridized carbons (Fsp3) is 0.316. The number of anilines is 1. The summed E-state index contributed by atoms with van der Waals surface area (Å²) in [6.07, 6.45) is 0.955. The Balaban J connectivity index is 0.00000243. The number of nitrogens with two attached hydrogens (primary N) is 1. The first-order valence-electron chi connectivity index (χ1n) is 8.28. The molecule has 1 aliphatic rings. The summed E-state index contributed by atoms with van der Waals surface area (Å²) >= 11 is 0. The van der Waals surface area contributed by atoms with Gasteiger partial charge in [0.2, 0.25) is 0 Å². The van der Waals surface area contributed by atoms with Gasteiger partial charge in [0, 0.05) is 18.3 Å². The lowest BCUT2D eigenvalue weighted by molar-refractivity contribution is -0.126. The van der Waals surface area contributed by atoms with Gasteiger partial charge in [-0.15, -0.1) is 12.4 Å². The van der Waals surface area contributed by atoms with Crippen LogP contribution in [-0.2, 0) is 16.1 Å². The average Bonchev–Trinajstić information content (AvgIpc) is 3.10. The van der Waals surface area contributed by atoms with E-state index in [1.165, 1.54) is 12.1 Å². The van der Waals surface area contributed by atoms with Crippen molar-refractivity contribution in [2.24, 2.45) is 5.73 Å². The zero-order chi connectivity index (χ0) is 17.6. The third kappa shape index (κ3) is 5.42. The molecule has 0 aromatic heterocycles. The second-order valence-corrected chi connectivity index (χ2v) is 6.00. The van der Waals surface area contributed by atoms with E-state index in [0.29, 0.717) is 24.4 Å². The van der Waals surface area contributed by atoms with Crippen LogP contribution in [0, 0.1) is 5.82 Å². The van der Waals surface area contributed by atoms with E-state index < -0.39 is 6.10 Å². The van der Waals surface area contributed by atoms with E-state index in [1.807, 2.05) is 0 Å². The van der Waals surface area contributed by atoms with Crippen molar-refractivity contribution in [2.45, 2.75) is 31.7 Å². The summed E-state index contributed by atoms with van der Waals surface area (Å²) in [5.41, 5.74) is 6.93. The lowest BCUT2D eigenvalue weighted by Crippen LogP contribution is -2.29. The molecule has 0 radical (unpaired) electrons. The number of carbonyl (C=O) groups is 1. The van der Waals surface area contributed by atoms with Crippen molar-refractivity contribution in [1.29, 1.82) is 0 Å². The first-order chi connectivity index (χ1) is 12.1. The summed E-state index contributed by atoms with van der Waals surface area (Å²) in [4.78, 5) is 12.2. The number of benzene rings is 2. The standard InChI is InChI=1S/C19H21FN2O3.ClH/c20-14-4-1-3-13(9-14)12-24-16-6-2-5-15(10-16)22-19(23)18-8-7-17(11-21)25-18;/h1-6,9-10,17-18H,7-8,11-12,21H2,(H,22,23);1H/t17-,18+;/m1./s1. The molecule has 140 valence electrons. The molecule has 0 unspecified atom stereocenters. The molecule has 2 aromatic rings. The summed E-state index contributed by atoms with van der Waals surface area (Å²) in [5, 5.41) is 2.83. The van der Waals surface area contributed by atoms with Crippen molar-refractivity contribution >= 4 is 24.0 Å². The molecule has 3 rings (SSSR count). The maximum absolute atomic E-state index is 13.2. The molecule has 7 heteroatoms. The van der Waals surface area contributed by atoms with E-state index in [4.69, 9.17) is 15.2 Å². The lowest BCUT2D eigenvalue weighted by atomic mass is 10.2. The van der Waals surface area contributed by atoms with Crippen LogP contribution >= 0.6 is 12.4 Å². The number of amides is 1. The summed E-state index contributed by atoms with van der Waals surface area (Å²) in [5.74, 6) is 0.113. The van der Waals surface area contributed by atoms with Crippen molar-refractivity contribution in [3.8, 4) is 5.75 Å². The molecule has 1 aliphatic heterocycles. The molecule has 5 nitrogen and oxygen atoms in total. The third-order valence-electron chi connectivity index (χ3n) is 4.06. The van der Waals surface area contributed by atoms with E-state index in [9.17, 15) is 9.18 Å². The molecular formula is C19H22ClFN2O3. The minimum absolute atomic E-state index is 0. The molecule has 1 heterocycles. The minimum Gasteiger partial charge on any atom is -0.489 e.